The Morgan fingerprint density at radius 1 is 1.09 bits per heavy atom. The molecule has 0 aliphatic heterocycles. The van der Waals surface area contributed by atoms with Gasteiger partial charge in [0.2, 0.25) is 5.91 Å². The van der Waals surface area contributed by atoms with Gasteiger partial charge in [-0.2, -0.15) is 0 Å². The highest BCUT2D eigenvalue weighted by molar-refractivity contribution is 7.10. The van der Waals surface area contributed by atoms with Crippen molar-refractivity contribution in [2.45, 2.75) is 86.5 Å². The zero-order valence-electron chi connectivity index (χ0n) is 20.8. The highest BCUT2D eigenvalue weighted by Crippen LogP contribution is 2.22. The average Bonchev–Trinajstić information content (AvgIpc) is 3.22. The number of rotatable bonds is 13. The van der Waals surface area contributed by atoms with Crippen LogP contribution in [0.3, 0.4) is 0 Å². The summed E-state index contributed by atoms with van der Waals surface area (Å²) in [4.78, 5) is 17.3. The van der Waals surface area contributed by atoms with Gasteiger partial charge < -0.3 is 5.32 Å². The summed E-state index contributed by atoms with van der Waals surface area (Å²) in [5.41, 5.74) is 5.22. The van der Waals surface area contributed by atoms with Crippen LogP contribution in [0.25, 0.3) is 5.57 Å². The Bertz CT molecular complexity index is 903. The van der Waals surface area contributed by atoms with Crippen molar-refractivity contribution in [2.75, 3.05) is 6.54 Å². The maximum absolute atomic E-state index is 12.8. The molecule has 1 heterocycles. The number of hydrogen-bond acceptors (Lipinski definition) is 3. The molecule has 1 N–H and O–H groups in total. The van der Waals surface area contributed by atoms with Gasteiger partial charge in [-0.25, -0.2) is 4.98 Å². The lowest BCUT2D eigenvalue weighted by Crippen LogP contribution is -2.26. The van der Waals surface area contributed by atoms with Crippen LogP contribution in [0.1, 0.15) is 90.3 Å². The molecule has 3 nitrogen and oxygen atoms in total. The molecule has 1 rings (SSSR count). The zero-order valence-corrected chi connectivity index (χ0v) is 21.6. The molecular formula is C28H40N2OS. The van der Waals surface area contributed by atoms with E-state index in [1.54, 1.807) is 11.3 Å². The Morgan fingerprint density at radius 2 is 1.88 bits per heavy atom. The van der Waals surface area contributed by atoms with Crippen LogP contribution in [0.5, 0.6) is 0 Å². The quantitative estimate of drug-likeness (QED) is 0.145. The Labute approximate surface area is 199 Å². The van der Waals surface area contributed by atoms with Crippen LogP contribution in [0, 0.1) is 18.8 Å². The summed E-state index contributed by atoms with van der Waals surface area (Å²) < 4.78 is 0. The summed E-state index contributed by atoms with van der Waals surface area (Å²) in [6, 6.07) is 0. The fraction of sp³-hybridized carbons (Fsp3) is 0.500. The van der Waals surface area contributed by atoms with Crippen LogP contribution in [0.15, 0.2) is 46.4 Å². The van der Waals surface area contributed by atoms with E-state index in [-0.39, 0.29) is 5.91 Å². The number of thiazole rings is 1. The Morgan fingerprint density at radius 3 is 2.47 bits per heavy atom. The van der Waals surface area contributed by atoms with Gasteiger partial charge in [0.15, 0.2) is 0 Å². The molecule has 4 heteroatoms. The molecule has 0 aliphatic carbocycles. The average molecular weight is 453 g/mol. The molecule has 32 heavy (non-hydrogen) atoms. The van der Waals surface area contributed by atoms with Crippen molar-refractivity contribution in [3.05, 3.63) is 57.1 Å². The first-order chi connectivity index (χ1) is 15.4. The van der Waals surface area contributed by atoms with Crippen molar-refractivity contribution in [1.82, 2.24) is 10.3 Å². The standard InChI is InChI=1S/C28H40N2OS/c1-7-11-12-13-15-22(5)16-17-24(14-8-2)20-29-27(31)25(9-3)18-19-26(10-4)28-30-23(6)21-32-28/h16-19,21H,7,9-13,15,20H2,1-6H3,(H,29,31)/b22-16+,24-17+,25-18+,26-19+. The van der Waals surface area contributed by atoms with Crippen molar-refractivity contribution < 1.29 is 4.79 Å². The molecule has 1 amide bonds. The molecule has 0 atom stereocenters. The molecule has 1 aromatic heterocycles. The van der Waals surface area contributed by atoms with Gasteiger partial charge in [-0.3, -0.25) is 4.79 Å². The first kappa shape index (κ1) is 27.7. The second-order valence-electron chi connectivity index (χ2n) is 7.96. The number of carbonyl (C=O) groups excluding carboxylic acids is 1. The number of unbranched alkanes of at least 4 members (excludes halogenated alkanes) is 3. The third-order valence-corrected chi connectivity index (χ3v) is 6.19. The number of hydrogen-bond donors (Lipinski definition) is 1. The summed E-state index contributed by atoms with van der Waals surface area (Å²) in [6.07, 6.45) is 15.9. The summed E-state index contributed by atoms with van der Waals surface area (Å²) in [5.74, 6) is 6.04. The molecule has 0 radical (unpaired) electrons. The fourth-order valence-corrected chi connectivity index (χ4v) is 4.04. The highest BCUT2D eigenvalue weighted by Gasteiger charge is 2.08. The lowest BCUT2D eigenvalue weighted by Gasteiger charge is -2.07. The normalized spacial score (nSPS) is 13.1. The highest BCUT2D eigenvalue weighted by atomic mass is 32.1. The smallest absolute Gasteiger partial charge is 0.247 e. The van der Waals surface area contributed by atoms with Gasteiger partial charge in [-0.1, -0.05) is 69.8 Å². The monoisotopic (exact) mass is 452 g/mol. The lowest BCUT2D eigenvalue weighted by molar-refractivity contribution is -0.117. The Balaban J connectivity index is 2.79. The van der Waals surface area contributed by atoms with Crippen molar-refractivity contribution >= 4 is 22.8 Å². The number of nitrogens with one attached hydrogen (secondary N) is 1. The van der Waals surface area contributed by atoms with Crippen molar-refractivity contribution in [1.29, 1.82) is 0 Å². The van der Waals surface area contributed by atoms with E-state index in [4.69, 9.17) is 0 Å². The zero-order chi connectivity index (χ0) is 23.8. The molecule has 0 saturated heterocycles. The predicted octanol–water partition coefficient (Wildman–Crippen LogP) is 7.56. The van der Waals surface area contributed by atoms with Crippen LogP contribution in [-0.4, -0.2) is 17.4 Å². The number of nitrogens with zero attached hydrogens (tertiary/aromatic N) is 1. The Hall–Kier alpha value is -2.38. The van der Waals surface area contributed by atoms with Gasteiger partial charge in [-0.05, 0) is 58.1 Å². The van der Waals surface area contributed by atoms with Crippen LogP contribution in [-0.2, 0) is 4.79 Å². The first-order valence-corrected chi connectivity index (χ1v) is 12.7. The van der Waals surface area contributed by atoms with Crippen LogP contribution in [0.2, 0.25) is 0 Å². The molecule has 0 spiro atoms. The maximum atomic E-state index is 12.8. The second kappa shape index (κ2) is 16.3. The minimum atomic E-state index is -0.0430. The summed E-state index contributed by atoms with van der Waals surface area (Å²) in [6.45, 7) is 12.8. The molecule has 174 valence electrons. The van der Waals surface area contributed by atoms with Crippen LogP contribution >= 0.6 is 11.3 Å². The molecular weight excluding hydrogens is 412 g/mol. The molecule has 1 aromatic rings. The summed E-state index contributed by atoms with van der Waals surface area (Å²) in [7, 11) is 0. The van der Waals surface area contributed by atoms with E-state index in [9.17, 15) is 4.79 Å². The molecule has 0 fully saturated rings. The molecule has 0 bridgehead atoms. The van der Waals surface area contributed by atoms with Crippen molar-refractivity contribution in [3.63, 3.8) is 0 Å². The minimum absolute atomic E-state index is 0.0430. The number of aryl methyl sites for hydroxylation is 1. The van der Waals surface area contributed by atoms with Crippen molar-refractivity contribution in [3.8, 4) is 11.8 Å². The van der Waals surface area contributed by atoms with E-state index in [0.29, 0.717) is 13.0 Å². The summed E-state index contributed by atoms with van der Waals surface area (Å²) >= 11 is 1.65. The van der Waals surface area contributed by atoms with E-state index in [1.807, 2.05) is 39.0 Å². The van der Waals surface area contributed by atoms with E-state index in [0.717, 1.165) is 40.3 Å². The lowest BCUT2D eigenvalue weighted by atomic mass is 10.1. The van der Waals surface area contributed by atoms with Crippen LogP contribution < -0.4 is 5.32 Å². The van der Waals surface area contributed by atoms with E-state index in [2.05, 4.69) is 54.4 Å². The van der Waals surface area contributed by atoms with Gasteiger partial charge in [0.05, 0.1) is 6.54 Å². The molecule has 0 unspecified atom stereocenters. The fourth-order valence-electron chi connectivity index (χ4n) is 3.15. The number of carbonyl (C=O) groups is 1. The third kappa shape index (κ3) is 10.8. The number of aromatic nitrogens is 1. The largest absolute Gasteiger partial charge is 0.348 e. The van der Waals surface area contributed by atoms with Gasteiger partial charge in [0, 0.05) is 22.2 Å². The number of allylic oxidation sites excluding steroid dienone is 6. The summed E-state index contributed by atoms with van der Waals surface area (Å²) in [5, 5.41) is 6.12. The molecule has 0 aromatic carbocycles. The van der Waals surface area contributed by atoms with Crippen molar-refractivity contribution in [2.24, 2.45) is 0 Å². The minimum Gasteiger partial charge on any atom is -0.348 e. The van der Waals surface area contributed by atoms with E-state index < -0.39 is 0 Å². The van der Waals surface area contributed by atoms with Gasteiger partial charge in [0.1, 0.15) is 5.01 Å². The number of amides is 1. The maximum Gasteiger partial charge on any atom is 0.247 e. The topological polar surface area (TPSA) is 42.0 Å². The predicted molar refractivity (Wildman–Crippen MR) is 141 cm³/mol. The SMILES string of the molecule is CC#C/C(=C\C=C(/C)CCCCCC)CNC(=O)/C(=C/C=C(\CC)c1nc(C)cs1)CC. The van der Waals surface area contributed by atoms with Gasteiger partial charge >= 0.3 is 0 Å². The van der Waals surface area contributed by atoms with Gasteiger partial charge in [0.25, 0.3) is 0 Å². The molecule has 0 saturated carbocycles. The third-order valence-electron chi connectivity index (χ3n) is 5.15. The second-order valence-corrected chi connectivity index (χ2v) is 8.82. The van der Waals surface area contributed by atoms with E-state index >= 15 is 0 Å². The Kier molecular flexibility index (Phi) is 14.1. The van der Waals surface area contributed by atoms with Crippen LogP contribution in [0.4, 0.5) is 0 Å². The van der Waals surface area contributed by atoms with E-state index in [1.165, 1.54) is 31.3 Å². The van der Waals surface area contributed by atoms with Gasteiger partial charge in [-0.15, -0.1) is 17.3 Å². The first-order valence-electron chi connectivity index (χ1n) is 11.8. The molecule has 0 aliphatic rings.